The van der Waals surface area contributed by atoms with Crippen LogP contribution in [0.4, 0.5) is 4.39 Å². The fraction of sp³-hybridized carbons (Fsp3) is 0.351. The number of carbonyl (C=O) groups is 4. The Morgan fingerprint density at radius 2 is 1.22 bits per heavy atom. The number of rotatable bonds is 11. The van der Waals surface area contributed by atoms with E-state index in [1.165, 1.54) is 64.9 Å². The van der Waals surface area contributed by atoms with Gasteiger partial charge in [-0.3, -0.25) is 9.80 Å². The van der Waals surface area contributed by atoms with E-state index < -0.39 is 23.9 Å². The summed E-state index contributed by atoms with van der Waals surface area (Å²) in [6.07, 6.45) is 5.77. The number of nitrogens with zero attached hydrogens (tertiary/aromatic N) is 2. The molecule has 14 heteroatoms. The van der Waals surface area contributed by atoms with E-state index >= 15 is 4.39 Å². The van der Waals surface area contributed by atoms with Crippen LogP contribution in [-0.4, -0.2) is 107 Å². The van der Waals surface area contributed by atoms with Crippen molar-refractivity contribution >= 4 is 45.3 Å². The van der Waals surface area contributed by atoms with Gasteiger partial charge in [-0.25, -0.2) is 23.6 Å². The van der Waals surface area contributed by atoms with E-state index in [0.717, 1.165) is 44.1 Å². The zero-order valence-corrected chi connectivity index (χ0v) is 28.8. The zero-order valence-electron chi connectivity index (χ0n) is 28.0. The van der Waals surface area contributed by atoms with E-state index in [2.05, 4.69) is 58.3 Å². The first kappa shape index (κ1) is 38.7. The fourth-order valence-electron chi connectivity index (χ4n) is 5.78. The summed E-state index contributed by atoms with van der Waals surface area (Å²) in [5.41, 5.74) is 3.35. The highest BCUT2D eigenvalue weighted by atomic mass is 32.1. The molecule has 0 unspecified atom stereocenters. The van der Waals surface area contributed by atoms with Crippen LogP contribution < -0.4 is 9.47 Å². The number of thiophene rings is 1. The lowest BCUT2D eigenvalue weighted by Gasteiger charge is -2.15. The first-order valence-electron chi connectivity index (χ1n) is 16.5. The third-order valence-corrected chi connectivity index (χ3v) is 9.56. The van der Waals surface area contributed by atoms with Crippen LogP contribution in [0, 0.1) is 5.82 Å². The van der Waals surface area contributed by atoms with Gasteiger partial charge in [0.05, 0.1) is 0 Å². The molecule has 4 aromatic rings. The van der Waals surface area contributed by atoms with Gasteiger partial charge in [0.25, 0.3) is 0 Å². The van der Waals surface area contributed by atoms with E-state index in [1.54, 1.807) is 23.5 Å². The topological polar surface area (TPSA) is 174 Å². The average Bonchev–Trinajstić information content (AvgIpc) is 3.90. The second-order valence-corrected chi connectivity index (χ2v) is 12.9. The van der Waals surface area contributed by atoms with Gasteiger partial charge in [0.15, 0.2) is 11.6 Å². The molecular formula is C37H41FN2O10S. The predicted octanol–water partition coefficient (Wildman–Crippen LogP) is 5.56. The lowest BCUT2D eigenvalue weighted by Crippen LogP contribution is -2.25. The molecule has 12 nitrogen and oxygen atoms in total. The van der Waals surface area contributed by atoms with Crippen LogP contribution in [0.1, 0.15) is 36.8 Å². The standard InChI is InChI=1S/C33H37FN2O2S.2C2H2O4/c34-30-24-25(9-14-31(30)38-22-20-36-17-5-6-18-36)23-29-28-7-1-2-8-32(28)39-33(29)26-10-12-27(13-11-26)37-21-19-35-15-3-4-16-35;2*3-1(4)2(5)6/h1-2,7-14,24H,3-6,15-23H2;2*(H,3,4)(H,5,6). The highest BCUT2D eigenvalue weighted by molar-refractivity contribution is 7.22. The molecule has 0 amide bonds. The molecule has 3 heterocycles. The number of likely N-dealkylation sites (tertiary alicyclic amines) is 2. The molecule has 2 saturated heterocycles. The average molecular weight is 725 g/mol. The van der Waals surface area contributed by atoms with Gasteiger partial charge in [-0.15, -0.1) is 11.3 Å². The van der Waals surface area contributed by atoms with Crippen LogP contribution in [-0.2, 0) is 25.6 Å². The van der Waals surface area contributed by atoms with Gasteiger partial charge in [0.2, 0.25) is 0 Å². The summed E-state index contributed by atoms with van der Waals surface area (Å²) < 4.78 is 28.1. The summed E-state index contributed by atoms with van der Waals surface area (Å²) in [6, 6.07) is 22.4. The van der Waals surface area contributed by atoms with Gasteiger partial charge in [-0.05, 0) is 123 Å². The Hall–Kier alpha value is -5.05. The van der Waals surface area contributed by atoms with Crippen molar-refractivity contribution in [3.63, 3.8) is 0 Å². The largest absolute Gasteiger partial charge is 0.492 e. The maximum absolute atomic E-state index is 15.0. The molecule has 0 spiro atoms. The monoisotopic (exact) mass is 724 g/mol. The molecule has 6 rings (SSSR count). The van der Waals surface area contributed by atoms with Crippen molar-refractivity contribution in [2.24, 2.45) is 0 Å². The molecule has 3 aromatic carbocycles. The number of ether oxygens (including phenoxy) is 2. The summed E-state index contributed by atoms with van der Waals surface area (Å²) in [6.45, 7) is 7.70. The van der Waals surface area contributed by atoms with Crippen LogP contribution in [0.5, 0.6) is 11.5 Å². The second kappa shape index (κ2) is 19.4. The molecule has 51 heavy (non-hydrogen) atoms. The Bertz CT molecular complexity index is 1740. The number of halogens is 1. The third-order valence-electron chi connectivity index (χ3n) is 8.30. The molecule has 0 aliphatic carbocycles. The van der Waals surface area contributed by atoms with E-state index in [0.29, 0.717) is 18.8 Å². The van der Waals surface area contributed by atoms with Gasteiger partial charge < -0.3 is 29.9 Å². The van der Waals surface area contributed by atoms with Gasteiger partial charge in [-0.1, -0.05) is 24.3 Å². The van der Waals surface area contributed by atoms with Gasteiger partial charge >= 0.3 is 23.9 Å². The molecule has 272 valence electrons. The van der Waals surface area contributed by atoms with Crippen LogP contribution in [0.2, 0.25) is 0 Å². The van der Waals surface area contributed by atoms with Gasteiger partial charge in [-0.2, -0.15) is 0 Å². The lowest BCUT2D eigenvalue weighted by atomic mass is 9.99. The fourth-order valence-corrected chi connectivity index (χ4v) is 7.00. The summed E-state index contributed by atoms with van der Waals surface area (Å²) in [5.74, 6) is -6.34. The van der Waals surface area contributed by atoms with Gasteiger partial charge in [0, 0.05) is 22.7 Å². The van der Waals surface area contributed by atoms with Crippen LogP contribution in [0.3, 0.4) is 0 Å². The van der Waals surface area contributed by atoms with Crippen molar-refractivity contribution in [3.05, 3.63) is 83.7 Å². The van der Waals surface area contributed by atoms with Crippen molar-refractivity contribution in [2.75, 3.05) is 52.5 Å². The molecule has 4 N–H and O–H groups in total. The molecule has 0 bridgehead atoms. The quantitative estimate of drug-likeness (QED) is 0.142. The Balaban J connectivity index is 0.000000420. The van der Waals surface area contributed by atoms with E-state index in [-0.39, 0.29) is 5.82 Å². The van der Waals surface area contributed by atoms with Crippen molar-refractivity contribution in [2.45, 2.75) is 32.1 Å². The molecular weight excluding hydrogens is 683 g/mol. The van der Waals surface area contributed by atoms with Crippen LogP contribution in [0.25, 0.3) is 20.5 Å². The molecule has 2 aliphatic rings. The van der Waals surface area contributed by atoms with Gasteiger partial charge in [0.1, 0.15) is 19.0 Å². The normalized spacial score (nSPS) is 14.2. The van der Waals surface area contributed by atoms with Crippen LogP contribution >= 0.6 is 11.3 Å². The van der Waals surface area contributed by atoms with Crippen molar-refractivity contribution in [1.29, 1.82) is 0 Å². The number of hydrogen-bond acceptors (Lipinski definition) is 9. The smallest absolute Gasteiger partial charge is 0.414 e. The Labute approximate surface area is 298 Å². The number of hydrogen-bond donors (Lipinski definition) is 4. The number of aliphatic carboxylic acids is 4. The highest BCUT2D eigenvalue weighted by Crippen LogP contribution is 2.40. The molecule has 0 saturated carbocycles. The Morgan fingerprint density at radius 1 is 0.686 bits per heavy atom. The number of carboxylic acids is 4. The van der Waals surface area contributed by atoms with Crippen molar-refractivity contribution < 1.29 is 53.5 Å². The minimum absolute atomic E-state index is 0.287. The summed E-state index contributed by atoms with van der Waals surface area (Å²) in [4.78, 5) is 42.5. The highest BCUT2D eigenvalue weighted by Gasteiger charge is 2.17. The Morgan fingerprint density at radius 3 is 1.75 bits per heavy atom. The first-order valence-corrected chi connectivity index (χ1v) is 17.4. The number of carboxylic acid groups (broad SMARTS) is 4. The molecule has 1 aromatic heterocycles. The van der Waals surface area contributed by atoms with Crippen molar-refractivity contribution in [1.82, 2.24) is 9.80 Å². The van der Waals surface area contributed by atoms with E-state index in [4.69, 9.17) is 49.1 Å². The van der Waals surface area contributed by atoms with E-state index in [1.807, 2.05) is 6.07 Å². The zero-order chi connectivity index (χ0) is 36.8. The molecule has 2 aliphatic heterocycles. The first-order chi connectivity index (χ1) is 24.5. The molecule has 2 fully saturated rings. The lowest BCUT2D eigenvalue weighted by molar-refractivity contribution is -0.159. The maximum atomic E-state index is 15.0. The van der Waals surface area contributed by atoms with Crippen molar-refractivity contribution in [3.8, 4) is 21.9 Å². The Kier molecular flexibility index (Phi) is 14.7. The summed E-state index contributed by atoms with van der Waals surface area (Å²) in [7, 11) is 0. The predicted molar refractivity (Wildman–Crippen MR) is 189 cm³/mol. The number of benzene rings is 3. The summed E-state index contributed by atoms with van der Waals surface area (Å²) in [5, 5.41) is 30.8. The van der Waals surface area contributed by atoms with E-state index in [9.17, 15) is 0 Å². The van der Waals surface area contributed by atoms with Crippen LogP contribution in [0.15, 0.2) is 66.7 Å². The minimum atomic E-state index is -1.82. The number of fused-ring (bicyclic) bond motifs is 1. The minimum Gasteiger partial charge on any atom is -0.492 e. The second-order valence-electron chi connectivity index (χ2n) is 11.9. The molecule has 0 radical (unpaired) electrons. The third kappa shape index (κ3) is 12.1. The SMILES string of the molecule is Fc1cc(Cc2c(-c3ccc(OCCN4CCCC4)cc3)sc3ccccc23)ccc1OCCN1CCCC1.O=C(O)C(=O)O.O=C(O)C(=O)O. The maximum Gasteiger partial charge on any atom is 0.414 e. The molecule has 0 atom stereocenters. The summed E-state index contributed by atoms with van der Waals surface area (Å²) >= 11 is 1.80.